The molecule has 0 saturated heterocycles. The Balaban J connectivity index is 1.33. The third kappa shape index (κ3) is 5.17. The van der Waals surface area contributed by atoms with Gasteiger partial charge in [0.25, 0.3) is 0 Å². The molecule has 1 aromatic rings. The van der Waals surface area contributed by atoms with Crippen LogP contribution in [0.1, 0.15) is 95.5 Å². The molecule has 0 aliphatic heterocycles. The van der Waals surface area contributed by atoms with E-state index in [2.05, 4.69) is 13.5 Å². The maximum Gasteiger partial charge on any atom is 0.200 e. The van der Waals surface area contributed by atoms with Crippen LogP contribution < -0.4 is 4.74 Å². The van der Waals surface area contributed by atoms with Gasteiger partial charge in [0.1, 0.15) is 6.61 Å². The van der Waals surface area contributed by atoms with Gasteiger partial charge < -0.3 is 4.74 Å². The molecule has 4 unspecified atom stereocenters. The first-order chi connectivity index (χ1) is 15.1. The van der Waals surface area contributed by atoms with Crippen LogP contribution in [0.3, 0.4) is 0 Å². The van der Waals surface area contributed by atoms with Crippen LogP contribution in [-0.2, 0) is 0 Å². The van der Waals surface area contributed by atoms with Crippen LogP contribution in [-0.4, -0.2) is 6.61 Å². The van der Waals surface area contributed by atoms with Gasteiger partial charge in [0, 0.05) is 0 Å². The summed E-state index contributed by atoms with van der Waals surface area (Å²) >= 11 is 0. The van der Waals surface area contributed by atoms with Crippen LogP contribution in [0.4, 0.5) is 8.78 Å². The fraction of sp³-hybridized carbons (Fsp3) is 0.714. The second kappa shape index (κ2) is 10.5. The van der Waals surface area contributed by atoms with Crippen LogP contribution in [0, 0.1) is 41.2 Å². The van der Waals surface area contributed by atoms with Crippen molar-refractivity contribution in [1.29, 1.82) is 0 Å². The van der Waals surface area contributed by atoms with E-state index in [1.807, 2.05) is 0 Å². The van der Waals surface area contributed by atoms with Crippen molar-refractivity contribution >= 4 is 0 Å². The Morgan fingerprint density at radius 2 is 1.52 bits per heavy atom. The van der Waals surface area contributed by atoms with E-state index in [0.717, 1.165) is 36.5 Å². The minimum Gasteiger partial charge on any atom is -0.486 e. The van der Waals surface area contributed by atoms with Crippen LogP contribution in [0.15, 0.2) is 24.8 Å². The van der Waals surface area contributed by atoms with E-state index in [0.29, 0.717) is 11.5 Å². The number of rotatable bonds is 7. The molecule has 3 aliphatic rings. The Bertz CT molecular complexity index is 737. The zero-order valence-corrected chi connectivity index (χ0v) is 19.3. The van der Waals surface area contributed by atoms with Crippen LogP contribution in [0.5, 0.6) is 5.75 Å². The molecule has 0 bridgehead atoms. The molecule has 31 heavy (non-hydrogen) atoms. The Hall–Kier alpha value is -1.38. The number of ether oxygens (including phenoxy) is 1. The highest BCUT2D eigenvalue weighted by molar-refractivity contribution is 5.33. The maximum absolute atomic E-state index is 14.8. The Kier molecular flexibility index (Phi) is 7.72. The number of halogens is 2. The standard InChI is InChI=1S/C28H40F2O/c1-3-5-19-6-8-20(9-7-19)21-10-11-23-18-24(13-12-22(23)17-21)25-14-15-26(31-16-4-2)28(30)27(25)29/h4,14-15,19-24H,2-3,5-13,16-18H2,1H3. The molecular formula is C28H40F2O. The molecule has 172 valence electrons. The lowest BCUT2D eigenvalue weighted by Gasteiger charge is -2.45. The van der Waals surface area contributed by atoms with Crippen molar-refractivity contribution < 1.29 is 13.5 Å². The quantitative estimate of drug-likeness (QED) is 0.394. The summed E-state index contributed by atoms with van der Waals surface area (Å²) in [6.07, 6.45) is 17.3. The first-order valence-corrected chi connectivity index (χ1v) is 12.8. The van der Waals surface area contributed by atoms with E-state index in [-0.39, 0.29) is 18.3 Å². The zero-order chi connectivity index (χ0) is 21.8. The highest BCUT2D eigenvalue weighted by Crippen LogP contribution is 2.51. The van der Waals surface area contributed by atoms with Gasteiger partial charge in [0.05, 0.1) is 0 Å². The van der Waals surface area contributed by atoms with Crippen molar-refractivity contribution in [2.75, 3.05) is 6.61 Å². The van der Waals surface area contributed by atoms with Crippen molar-refractivity contribution in [3.63, 3.8) is 0 Å². The SMILES string of the molecule is C=CCOc1ccc(C2CCC3CC(C4CCC(CCC)CC4)CCC3C2)c(F)c1F. The van der Waals surface area contributed by atoms with Gasteiger partial charge in [-0.25, -0.2) is 4.39 Å². The summed E-state index contributed by atoms with van der Waals surface area (Å²) in [6, 6.07) is 3.34. The fourth-order valence-electron chi connectivity index (χ4n) is 7.11. The lowest BCUT2D eigenvalue weighted by Crippen LogP contribution is -2.34. The first-order valence-electron chi connectivity index (χ1n) is 12.8. The van der Waals surface area contributed by atoms with Crippen LogP contribution in [0.2, 0.25) is 0 Å². The molecule has 0 aromatic heterocycles. The lowest BCUT2D eigenvalue weighted by atomic mass is 9.60. The molecule has 1 nitrogen and oxygen atoms in total. The van der Waals surface area contributed by atoms with Crippen molar-refractivity contribution in [3.8, 4) is 5.75 Å². The van der Waals surface area contributed by atoms with Gasteiger partial charge in [-0.1, -0.05) is 51.3 Å². The molecule has 0 amide bonds. The molecule has 0 spiro atoms. The van der Waals surface area contributed by atoms with E-state index < -0.39 is 11.6 Å². The summed E-state index contributed by atoms with van der Waals surface area (Å²) in [5.41, 5.74) is 0.554. The first kappa shape index (κ1) is 22.8. The summed E-state index contributed by atoms with van der Waals surface area (Å²) < 4.78 is 34.5. The Morgan fingerprint density at radius 1 is 0.871 bits per heavy atom. The van der Waals surface area contributed by atoms with Crippen molar-refractivity contribution in [2.24, 2.45) is 29.6 Å². The van der Waals surface area contributed by atoms with Crippen LogP contribution in [0.25, 0.3) is 0 Å². The van der Waals surface area contributed by atoms with E-state index >= 15 is 0 Å². The topological polar surface area (TPSA) is 9.23 Å². The molecule has 3 aliphatic carbocycles. The molecule has 0 heterocycles. The number of benzene rings is 1. The molecule has 3 fully saturated rings. The lowest BCUT2D eigenvalue weighted by molar-refractivity contribution is 0.0707. The van der Waals surface area contributed by atoms with Crippen LogP contribution >= 0.6 is 0 Å². The average Bonchev–Trinajstić information content (AvgIpc) is 2.80. The number of fused-ring (bicyclic) bond motifs is 1. The smallest absolute Gasteiger partial charge is 0.200 e. The molecule has 4 rings (SSSR count). The molecule has 4 atom stereocenters. The summed E-state index contributed by atoms with van der Waals surface area (Å²) in [4.78, 5) is 0. The third-order valence-electron chi connectivity index (χ3n) is 8.78. The molecule has 0 N–H and O–H groups in total. The maximum atomic E-state index is 14.8. The van der Waals surface area contributed by atoms with Crippen molar-refractivity contribution in [1.82, 2.24) is 0 Å². The second-order valence-electron chi connectivity index (χ2n) is 10.6. The van der Waals surface area contributed by atoms with Crippen molar-refractivity contribution in [3.05, 3.63) is 42.0 Å². The zero-order valence-electron chi connectivity index (χ0n) is 19.3. The number of hydrogen-bond acceptors (Lipinski definition) is 1. The van der Waals surface area contributed by atoms with Gasteiger partial charge in [-0.05, 0) is 98.5 Å². The highest BCUT2D eigenvalue weighted by Gasteiger charge is 2.39. The van der Waals surface area contributed by atoms with Gasteiger partial charge in [-0.15, -0.1) is 0 Å². The molecular weight excluding hydrogens is 390 g/mol. The van der Waals surface area contributed by atoms with E-state index in [9.17, 15) is 8.78 Å². The normalized spacial score (nSPS) is 33.5. The third-order valence-corrected chi connectivity index (χ3v) is 8.78. The minimum atomic E-state index is -0.844. The molecule has 0 radical (unpaired) electrons. The van der Waals surface area contributed by atoms with Crippen molar-refractivity contribution in [2.45, 2.75) is 89.9 Å². The summed E-state index contributed by atoms with van der Waals surface area (Å²) in [7, 11) is 0. The summed E-state index contributed by atoms with van der Waals surface area (Å²) in [6.45, 7) is 6.06. The van der Waals surface area contributed by atoms with Gasteiger partial charge in [-0.2, -0.15) is 4.39 Å². The second-order valence-corrected chi connectivity index (χ2v) is 10.6. The fourth-order valence-corrected chi connectivity index (χ4v) is 7.11. The monoisotopic (exact) mass is 430 g/mol. The number of hydrogen-bond donors (Lipinski definition) is 0. The average molecular weight is 431 g/mol. The van der Waals surface area contributed by atoms with Gasteiger partial charge >= 0.3 is 0 Å². The highest BCUT2D eigenvalue weighted by atomic mass is 19.2. The van der Waals surface area contributed by atoms with E-state index in [1.54, 1.807) is 18.2 Å². The Morgan fingerprint density at radius 3 is 2.23 bits per heavy atom. The van der Waals surface area contributed by atoms with Gasteiger partial charge in [0.15, 0.2) is 11.6 Å². The van der Waals surface area contributed by atoms with E-state index in [1.165, 1.54) is 64.2 Å². The van der Waals surface area contributed by atoms with E-state index in [4.69, 9.17) is 4.74 Å². The summed E-state index contributed by atoms with van der Waals surface area (Å²) in [5.74, 6) is 2.91. The largest absolute Gasteiger partial charge is 0.486 e. The Labute approximate surface area is 187 Å². The minimum absolute atomic E-state index is 0.0102. The predicted octanol–water partition coefficient (Wildman–Crippen LogP) is 8.44. The van der Waals surface area contributed by atoms with Gasteiger partial charge in [0.2, 0.25) is 5.82 Å². The molecule has 1 aromatic carbocycles. The molecule has 3 heteroatoms. The molecule has 3 saturated carbocycles. The summed E-state index contributed by atoms with van der Waals surface area (Å²) in [5, 5.41) is 0. The van der Waals surface area contributed by atoms with Gasteiger partial charge in [-0.3, -0.25) is 0 Å². The predicted molar refractivity (Wildman–Crippen MR) is 123 cm³/mol.